The Morgan fingerprint density at radius 1 is 0.426 bits per heavy atom. The number of benzene rings is 8. The topological polar surface area (TPSA) is 6.48 Å². The molecule has 0 atom stereocenters. The second kappa shape index (κ2) is 15.8. The standard InChI is InChI=1S/C52H42N2/c1-3-14-39(4-2)41-23-31-47(32-24-41)53(48-33-25-42(26-34-48)40-15-7-5-8-16-40)49-35-27-43(28-36-49)44-29-37-50(38-30-44)54(46-19-9-6-10-20-46)52-22-13-18-45-17-11-12-21-51(45)52/h4-38H,2-3H2,1H3/b39-14+. The molecule has 2 heteroatoms. The first kappa shape index (κ1) is 34.2. The van der Waals surface area contributed by atoms with Crippen molar-refractivity contribution < 1.29 is 0 Å². The molecular weight excluding hydrogens is 653 g/mol. The Bertz CT molecular complexity index is 2490. The van der Waals surface area contributed by atoms with Crippen molar-refractivity contribution in [3.05, 3.63) is 224 Å². The van der Waals surface area contributed by atoms with Crippen LogP contribution >= 0.6 is 0 Å². The minimum atomic E-state index is 0.966. The van der Waals surface area contributed by atoms with Gasteiger partial charge in [-0.05, 0) is 112 Å². The van der Waals surface area contributed by atoms with Crippen LogP contribution in [0.25, 0.3) is 38.6 Å². The van der Waals surface area contributed by atoms with Gasteiger partial charge in [0.15, 0.2) is 0 Å². The Morgan fingerprint density at radius 2 is 0.852 bits per heavy atom. The molecule has 0 saturated heterocycles. The second-order valence-electron chi connectivity index (χ2n) is 13.3. The Balaban J connectivity index is 1.13. The number of allylic oxidation sites excluding steroid dienone is 3. The number of hydrogen-bond acceptors (Lipinski definition) is 2. The number of hydrogen-bond donors (Lipinski definition) is 0. The molecule has 0 aliphatic carbocycles. The van der Waals surface area contributed by atoms with E-state index in [1.54, 1.807) is 0 Å². The lowest BCUT2D eigenvalue weighted by atomic mass is 10.0. The van der Waals surface area contributed by atoms with E-state index in [1.807, 2.05) is 6.08 Å². The predicted molar refractivity (Wildman–Crippen MR) is 233 cm³/mol. The van der Waals surface area contributed by atoms with Crippen LogP contribution in [0.4, 0.5) is 34.1 Å². The molecule has 0 N–H and O–H groups in total. The fourth-order valence-corrected chi connectivity index (χ4v) is 7.24. The predicted octanol–water partition coefficient (Wildman–Crippen LogP) is 15.1. The summed E-state index contributed by atoms with van der Waals surface area (Å²) in [4.78, 5) is 4.67. The van der Waals surface area contributed by atoms with Gasteiger partial charge < -0.3 is 9.80 Å². The molecule has 260 valence electrons. The zero-order valence-corrected chi connectivity index (χ0v) is 30.5. The Morgan fingerprint density at radius 3 is 1.39 bits per heavy atom. The summed E-state index contributed by atoms with van der Waals surface area (Å²) in [5.74, 6) is 0. The molecule has 0 fully saturated rings. The molecule has 8 aromatic rings. The van der Waals surface area contributed by atoms with E-state index in [0.29, 0.717) is 0 Å². The minimum Gasteiger partial charge on any atom is -0.311 e. The van der Waals surface area contributed by atoms with E-state index in [9.17, 15) is 0 Å². The summed E-state index contributed by atoms with van der Waals surface area (Å²) in [7, 11) is 0. The van der Waals surface area contributed by atoms with Gasteiger partial charge in [0, 0.05) is 33.8 Å². The normalized spacial score (nSPS) is 11.3. The summed E-state index contributed by atoms with van der Waals surface area (Å²) in [6, 6.07) is 71.7. The van der Waals surface area contributed by atoms with Crippen LogP contribution in [0, 0.1) is 0 Å². The fourth-order valence-electron chi connectivity index (χ4n) is 7.24. The highest BCUT2D eigenvalue weighted by Gasteiger charge is 2.17. The maximum Gasteiger partial charge on any atom is 0.0540 e. The molecule has 0 unspecified atom stereocenters. The van der Waals surface area contributed by atoms with E-state index in [2.05, 4.69) is 230 Å². The molecule has 0 spiro atoms. The van der Waals surface area contributed by atoms with Gasteiger partial charge in [-0.2, -0.15) is 0 Å². The van der Waals surface area contributed by atoms with Gasteiger partial charge in [0.25, 0.3) is 0 Å². The first-order chi connectivity index (χ1) is 26.7. The largest absolute Gasteiger partial charge is 0.311 e. The van der Waals surface area contributed by atoms with Crippen molar-refractivity contribution in [1.82, 2.24) is 0 Å². The van der Waals surface area contributed by atoms with Crippen LogP contribution in [0.1, 0.15) is 18.9 Å². The fraction of sp³-hybridized carbons (Fsp3) is 0.0385. The van der Waals surface area contributed by atoms with Gasteiger partial charge in [0.2, 0.25) is 0 Å². The molecule has 8 rings (SSSR count). The summed E-state index contributed by atoms with van der Waals surface area (Å²) >= 11 is 0. The maximum atomic E-state index is 4.05. The van der Waals surface area contributed by atoms with Crippen molar-refractivity contribution in [2.75, 3.05) is 9.80 Å². The van der Waals surface area contributed by atoms with E-state index < -0.39 is 0 Å². The van der Waals surface area contributed by atoms with Gasteiger partial charge in [0.05, 0.1) is 5.69 Å². The molecule has 54 heavy (non-hydrogen) atoms. The summed E-state index contributed by atoms with van der Waals surface area (Å²) in [5, 5.41) is 2.44. The van der Waals surface area contributed by atoms with E-state index in [4.69, 9.17) is 0 Å². The van der Waals surface area contributed by atoms with Crippen LogP contribution in [0.15, 0.2) is 219 Å². The molecule has 0 amide bonds. The Hall–Kier alpha value is -6.90. The van der Waals surface area contributed by atoms with Crippen molar-refractivity contribution in [3.8, 4) is 22.3 Å². The van der Waals surface area contributed by atoms with Crippen LogP contribution < -0.4 is 9.80 Å². The molecule has 0 bridgehead atoms. The second-order valence-corrected chi connectivity index (χ2v) is 13.3. The number of para-hydroxylation sites is 1. The minimum absolute atomic E-state index is 0.966. The quantitative estimate of drug-likeness (QED) is 0.124. The van der Waals surface area contributed by atoms with Crippen LogP contribution in [0.2, 0.25) is 0 Å². The zero-order chi connectivity index (χ0) is 36.7. The maximum absolute atomic E-state index is 4.05. The van der Waals surface area contributed by atoms with Gasteiger partial charge in [-0.3, -0.25) is 0 Å². The third kappa shape index (κ3) is 7.11. The lowest BCUT2D eigenvalue weighted by Gasteiger charge is -2.27. The number of anilines is 6. The van der Waals surface area contributed by atoms with Crippen molar-refractivity contribution in [3.63, 3.8) is 0 Å². The van der Waals surface area contributed by atoms with Gasteiger partial charge in [0.1, 0.15) is 0 Å². The van der Waals surface area contributed by atoms with Crippen LogP contribution in [-0.4, -0.2) is 0 Å². The first-order valence-electron chi connectivity index (χ1n) is 18.6. The van der Waals surface area contributed by atoms with E-state index in [-0.39, 0.29) is 0 Å². The van der Waals surface area contributed by atoms with Crippen molar-refractivity contribution >= 4 is 50.5 Å². The molecular formula is C52H42N2. The molecule has 8 aromatic carbocycles. The summed E-state index contributed by atoms with van der Waals surface area (Å²) < 4.78 is 0. The summed E-state index contributed by atoms with van der Waals surface area (Å²) in [6.07, 6.45) is 5.12. The monoisotopic (exact) mass is 694 g/mol. The third-order valence-electron chi connectivity index (χ3n) is 9.94. The molecule has 0 aromatic heterocycles. The Kier molecular flexibility index (Phi) is 9.99. The van der Waals surface area contributed by atoms with Crippen LogP contribution in [-0.2, 0) is 0 Å². The highest BCUT2D eigenvalue weighted by atomic mass is 15.1. The molecule has 2 nitrogen and oxygen atoms in total. The first-order valence-corrected chi connectivity index (χ1v) is 18.6. The number of nitrogens with zero attached hydrogens (tertiary/aromatic N) is 2. The van der Waals surface area contributed by atoms with Gasteiger partial charge in [-0.15, -0.1) is 0 Å². The molecule has 0 radical (unpaired) electrons. The van der Waals surface area contributed by atoms with Gasteiger partial charge >= 0.3 is 0 Å². The SMILES string of the molecule is C=C/C(=C\CC)c1ccc(N(c2ccc(-c3ccccc3)cc2)c2ccc(-c3ccc(N(c4ccccc4)c4cccc5ccccc45)cc3)cc2)cc1. The van der Waals surface area contributed by atoms with E-state index in [1.165, 1.54) is 33.0 Å². The van der Waals surface area contributed by atoms with E-state index >= 15 is 0 Å². The van der Waals surface area contributed by atoms with Crippen molar-refractivity contribution in [2.24, 2.45) is 0 Å². The number of rotatable bonds is 11. The van der Waals surface area contributed by atoms with Gasteiger partial charge in [-0.25, -0.2) is 0 Å². The molecule has 0 saturated carbocycles. The molecule has 0 aliphatic rings. The van der Waals surface area contributed by atoms with E-state index in [0.717, 1.165) is 51.7 Å². The molecule has 0 aliphatic heterocycles. The number of fused-ring (bicyclic) bond motifs is 1. The highest BCUT2D eigenvalue weighted by molar-refractivity contribution is 5.99. The lowest BCUT2D eigenvalue weighted by molar-refractivity contribution is 1.23. The smallest absolute Gasteiger partial charge is 0.0540 e. The summed E-state index contributed by atoms with van der Waals surface area (Å²) in [5.41, 5.74) is 13.7. The lowest BCUT2D eigenvalue weighted by Crippen LogP contribution is -2.10. The average Bonchev–Trinajstić information content (AvgIpc) is 3.25. The van der Waals surface area contributed by atoms with Gasteiger partial charge in [-0.1, -0.05) is 159 Å². The Labute approximate surface area is 319 Å². The molecule has 0 heterocycles. The van der Waals surface area contributed by atoms with Crippen LogP contribution in [0.3, 0.4) is 0 Å². The zero-order valence-electron chi connectivity index (χ0n) is 30.5. The third-order valence-corrected chi connectivity index (χ3v) is 9.94. The average molecular weight is 695 g/mol. The highest BCUT2D eigenvalue weighted by Crippen LogP contribution is 2.41. The van der Waals surface area contributed by atoms with Crippen LogP contribution in [0.5, 0.6) is 0 Å². The van der Waals surface area contributed by atoms with Crippen molar-refractivity contribution in [2.45, 2.75) is 13.3 Å². The summed E-state index contributed by atoms with van der Waals surface area (Å²) in [6.45, 7) is 6.20. The van der Waals surface area contributed by atoms with Crippen molar-refractivity contribution in [1.29, 1.82) is 0 Å².